The van der Waals surface area contributed by atoms with E-state index < -0.39 is 15.8 Å². The van der Waals surface area contributed by atoms with E-state index in [4.69, 9.17) is 14.6 Å². The monoisotopic (exact) mass is 288 g/mol. The lowest BCUT2D eigenvalue weighted by Gasteiger charge is -2.11. The average Bonchev–Trinajstić information content (AvgIpc) is 2.33. The van der Waals surface area contributed by atoms with Crippen molar-refractivity contribution in [2.75, 3.05) is 25.7 Å². The first-order chi connectivity index (χ1) is 8.83. The minimum Gasteiger partial charge on any atom is -0.493 e. The number of carboxylic acids is 1. The largest absolute Gasteiger partial charge is 0.493 e. The van der Waals surface area contributed by atoms with Crippen LogP contribution in [-0.2, 0) is 9.84 Å². The van der Waals surface area contributed by atoms with Crippen LogP contribution in [0.5, 0.6) is 11.5 Å². The quantitative estimate of drug-likeness (QED) is 0.758. The fourth-order valence-electron chi connectivity index (χ4n) is 1.43. The van der Waals surface area contributed by atoms with Gasteiger partial charge in [0.1, 0.15) is 9.84 Å². The van der Waals surface area contributed by atoms with Gasteiger partial charge in [-0.15, -0.1) is 0 Å². The number of hydrogen-bond donors (Lipinski definition) is 1. The summed E-state index contributed by atoms with van der Waals surface area (Å²) < 4.78 is 32.3. The standard InChI is InChI=1S/C12H16O6S/c1-17-10-5-4-9(12(13)14)8-11(10)18-6-3-7-19(2,15)16/h4-5,8H,3,6-7H2,1-2H3,(H,13,14). The van der Waals surface area contributed by atoms with E-state index in [-0.39, 0.29) is 23.7 Å². The first kappa shape index (κ1) is 15.3. The fraction of sp³-hybridized carbons (Fsp3) is 0.417. The zero-order valence-electron chi connectivity index (χ0n) is 10.8. The van der Waals surface area contributed by atoms with Gasteiger partial charge in [0, 0.05) is 6.26 Å². The van der Waals surface area contributed by atoms with E-state index in [1.165, 1.54) is 25.3 Å². The minimum absolute atomic E-state index is 0.0218. The minimum atomic E-state index is -3.02. The van der Waals surface area contributed by atoms with Gasteiger partial charge in [-0.1, -0.05) is 0 Å². The number of benzene rings is 1. The molecule has 0 amide bonds. The summed E-state index contributed by atoms with van der Waals surface area (Å²) in [4.78, 5) is 10.8. The number of carbonyl (C=O) groups is 1. The normalized spacial score (nSPS) is 11.1. The van der Waals surface area contributed by atoms with Crippen molar-refractivity contribution in [2.24, 2.45) is 0 Å². The number of sulfone groups is 1. The second-order valence-corrected chi connectivity index (χ2v) is 6.26. The molecule has 0 fully saturated rings. The van der Waals surface area contributed by atoms with Gasteiger partial charge < -0.3 is 14.6 Å². The van der Waals surface area contributed by atoms with Crippen LogP contribution in [0.15, 0.2) is 18.2 Å². The second-order valence-electron chi connectivity index (χ2n) is 4.00. The molecule has 1 rings (SSSR count). The van der Waals surface area contributed by atoms with Gasteiger partial charge in [0.15, 0.2) is 11.5 Å². The summed E-state index contributed by atoms with van der Waals surface area (Å²) in [5, 5.41) is 8.88. The summed E-state index contributed by atoms with van der Waals surface area (Å²) in [5.74, 6) is -0.350. The molecule has 0 radical (unpaired) electrons. The molecule has 0 aliphatic heterocycles. The summed E-state index contributed by atoms with van der Waals surface area (Å²) >= 11 is 0. The molecule has 1 aromatic carbocycles. The van der Waals surface area contributed by atoms with Crippen LogP contribution in [0.3, 0.4) is 0 Å². The molecule has 0 saturated heterocycles. The van der Waals surface area contributed by atoms with E-state index >= 15 is 0 Å². The third-order valence-electron chi connectivity index (χ3n) is 2.33. The summed E-state index contributed by atoms with van der Waals surface area (Å²) in [5.41, 5.74) is 0.0823. The van der Waals surface area contributed by atoms with Gasteiger partial charge in [-0.05, 0) is 24.6 Å². The molecule has 0 unspecified atom stereocenters. The Kier molecular flexibility index (Phi) is 5.17. The fourth-order valence-corrected chi connectivity index (χ4v) is 2.07. The van der Waals surface area contributed by atoms with E-state index in [2.05, 4.69) is 0 Å². The highest BCUT2D eigenvalue weighted by atomic mass is 32.2. The van der Waals surface area contributed by atoms with Crippen molar-refractivity contribution >= 4 is 15.8 Å². The first-order valence-corrected chi connectivity index (χ1v) is 7.61. The van der Waals surface area contributed by atoms with Gasteiger partial charge >= 0.3 is 5.97 Å². The Morgan fingerprint density at radius 2 is 2.00 bits per heavy atom. The van der Waals surface area contributed by atoms with Crippen molar-refractivity contribution < 1.29 is 27.8 Å². The van der Waals surface area contributed by atoms with Crippen molar-refractivity contribution in [1.29, 1.82) is 0 Å². The molecule has 0 aliphatic carbocycles. The van der Waals surface area contributed by atoms with Crippen molar-refractivity contribution in [3.63, 3.8) is 0 Å². The van der Waals surface area contributed by atoms with E-state index in [9.17, 15) is 13.2 Å². The van der Waals surface area contributed by atoms with Crippen LogP contribution in [0.4, 0.5) is 0 Å². The first-order valence-electron chi connectivity index (χ1n) is 5.55. The molecule has 1 aromatic rings. The number of carboxylic acid groups (broad SMARTS) is 1. The van der Waals surface area contributed by atoms with Gasteiger partial charge in [0.2, 0.25) is 0 Å². The molecule has 19 heavy (non-hydrogen) atoms. The molecule has 0 heterocycles. The summed E-state index contributed by atoms with van der Waals surface area (Å²) in [6, 6.07) is 4.25. The third-order valence-corrected chi connectivity index (χ3v) is 3.36. The Balaban J connectivity index is 2.70. The lowest BCUT2D eigenvalue weighted by atomic mass is 10.2. The Labute approximate surface area is 111 Å². The van der Waals surface area contributed by atoms with Gasteiger partial charge in [0.05, 0.1) is 25.0 Å². The molecular weight excluding hydrogens is 272 g/mol. The summed E-state index contributed by atoms with van der Waals surface area (Å²) in [6.07, 6.45) is 1.48. The van der Waals surface area contributed by atoms with E-state index in [1.54, 1.807) is 0 Å². The zero-order chi connectivity index (χ0) is 14.5. The maximum Gasteiger partial charge on any atom is 0.335 e. The zero-order valence-corrected chi connectivity index (χ0v) is 11.6. The van der Waals surface area contributed by atoms with Crippen molar-refractivity contribution in [3.05, 3.63) is 23.8 Å². The van der Waals surface area contributed by atoms with Gasteiger partial charge in [-0.3, -0.25) is 0 Å². The molecule has 0 spiro atoms. The van der Waals surface area contributed by atoms with Gasteiger partial charge in [0.25, 0.3) is 0 Å². The predicted molar refractivity (Wildman–Crippen MR) is 69.8 cm³/mol. The molecule has 0 atom stereocenters. The van der Waals surface area contributed by atoms with E-state index in [1.807, 2.05) is 0 Å². The molecular formula is C12H16O6S. The van der Waals surface area contributed by atoms with Crippen LogP contribution in [0.25, 0.3) is 0 Å². The molecule has 0 aromatic heterocycles. The molecule has 6 nitrogen and oxygen atoms in total. The topological polar surface area (TPSA) is 89.9 Å². The number of hydrogen-bond acceptors (Lipinski definition) is 5. The van der Waals surface area contributed by atoms with Crippen LogP contribution in [-0.4, -0.2) is 45.2 Å². The Morgan fingerprint density at radius 1 is 1.32 bits per heavy atom. The smallest absolute Gasteiger partial charge is 0.335 e. The molecule has 1 N–H and O–H groups in total. The number of ether oxygens (including phenoxy) is 2. The molecule has 7 heteroatoms. The lowest BCUT2D eigenvalue weighted by molar-refractivity contribution is 0.0696. The summed E-state index contributed by atoms with van der Waals surface area (Å²) in [6.45, 7) is 0.173. The number of rotatable bonds is 7. The predicted octanol–water partition coefficient (Wildman–Crippen LogP) is 1.21. The van der Waals surface area contributed by atoms with Crippen LogP contribution >= 0.6 is 0 Å². The maximum absolute atomic E-state index is 11.0. The average molecular weight is 288 g/mol. The van der Waals surface area contributed by atoms with E-state index in [0.29, 0.717) is 12.2 Å². The van der Waals surface area contributed by atoms with Crippen molar-refractivity contribution in [1.82, 2.24) is 0 Å². The Bertz CT molecular complexity index is 549. The Morgan fingerprint density at radius 3 is 2.53 bits per heavy atom. The highest BCUT2D eigenvalue weighted by Crippen LogP contribution is 2.28. The summed E-state index contributed by atoms with van der Waals surface area (Å²) in [7, 11) is -1.58. The maximum atomic E-state index is 11.0. The highest BCUT2D eigenvalue weighted by Gasteiger charge is 2.10. The number of methoxy groups -OCH3 is 1. The van der Waals surface area contributed by atoms with Gasteiger partial charge in [-0.25, -0.2) is 13.2 Å². The van der Waals surface area contributed by atoms with Crippen LogP contribution in [0.1, 0.15) is 16.8 Å². The molecule has 0 bridgehead atoms. The second kappa shape index (κ2) is 6.42. The van der Waals surface area contributed by atoms with Crippen LogP contribution < -0.4 is 9.47 Å². The Hall–Kier alpha value is -1.76. The highest BCUT2D eigenvalue weighted by molar-refractivity contribution is 7.90. The van der Waals surface area contributed by atoms with Gasteiger partial charge in [-0.2, -0.15) is 0 Å². The van der Waals surface area contributed by atoms with Crippen molar-refractivity contribution in [3.8, 4) is 11.5 Å². The van der Waals surface area contributed by atoms with Crippen LogP contribution in [0.2, 0.25) is 0 Å². The molecule has 106 valence electrons. The molecule has 0 aliphatic rings. The molecule has 0 saturated carbocycles. The third kappa shape index (κ3) is 5.17. The SMILES string of the molecule is COc1ccc(C(=O)O)cc1OCCCS(C)(=O)=O. The van der Waals surface area contributed by atoms with Crippen molar-refractivity contribution in [2.45, 2.75) is 6.42 Å². The number of aromatic carboxylic acids is 1. The van der Waals surface area contributed by atoms with Crippen LogP contribution in [0, 0.1) is 0 Å². The lowest BCUT2D eigenvalue weighted by Crippen LogP contribution is -2.08. The van der Waals surface area contributed by atoms with E-state index in [0.717, 1.165) is 6.26 Å².